The summed E-state index contributed by atoms with van der Waals surface area (Å²) in [4.78, 5) is 0. The quantitative estimate of drug-likeness (QED) is 0.602. The van der Waals surface area contributed by atoms with Crippen molar-refractivity contribution in [3.63, 3.8) is 0 Å². The van der Waals surface area contributed by atoms with Crippen LogP contribution in [0.15, 0.2) is 54.6 Å². The molecule has 2 aliphatic heterocycles. The molecule has 5 heteroatoms. The molecule has 4 nitrogen and oxygen atoms in total. The van der Waals surface area contributed by atoms with E-state index in [2.05, 4.69) is 77.6 Å². The van der Waals surface area contributed by atoms with Gasteiger partial charge in [0.05, 0.1) is 0 Å². The number of hydrogen-bond donors (Lipinski definition) is 4. The predicted octanol–water partition coefficient (Wildman–Crippen LogP) is 3.42. The minimum absolute atomic E-state index is 0.166. The third-order valence-corrected chi connectivity index (χ3v) is 6.99. The highest BCUT2D eigenvalue weighted by molar-refractivity contribution is 6.31. The van der Waals surface area contributed by atoms with Crippen LogP contribution in [0, 0.1) is 0 Å². The number of nitrogens with one attached hydrogen (secondary N) is 4. The van der Waals surface area contributed by atoms with Gasteiger partial charge < -0.3 is 0 Å². The van der Waals surface area contributed by atoms with E-state index in [1.165, 1.54) is 11.1 Å². The van der Waals surface area contributed by atoms with Crippen LogP contribution in [-0.2, 0) is 0 Å². The Kier molecular flexibility index (Phi) is 5.77. The lowest BCUT2D eigenvalue weighted by molar-refractivity contribution is 0.0664. The molecule has 2 fully saturated rings. The average Bonchev–Trinajstić information content (AvgIpc) is 3.41. The molecule has 2 aromatic rings. The summed E-state index contributed by atoms with van der Waals surface area (Å²) in [6.45, 7) is 8.33. The fourth-order valence-corrected chi connectivity index (χ4v) is 5.73. The number of halogens is 1. The average molecular weight is 399 g/mol. The molecule has 0 aliphatic carbocycles. The van der Waals surface area contributed by atoms with Crippen LogP contribution in [0.5, 0.6) is 0 Å². The zero-order chi connectivity index (χ0) is 19.6. The summed E-state index contributed by atoms with van der Waals surface area (Å²) in [5, 5.41) is 16.3. The van der Waals surface area contributed by atoms with Gasteiger partial charge >= 0.3 is 0 Å². The van der Waals surface area contributed by atoms with Gasteiger partial charge in [-0.2, -0.15) is 0 Å². The van der Waals surface area contributed by atoms with Gasteiger partial charge in [0.2, 0.25) is 0 Å². The second-order valence-electron chi connectivity index (χ2n) is 7.94. The molecule has 0 radical (unpaired) electrons. The Balaban J connectivity index is 1.85. The van der Waals surface area contributed by atoms with Crippen LogP contribution >= 0.6 is 11.6 Å². The zero-order valence-corrected chi connectivity index (χ0v) is 17.5. The van der Waals surface area contributed by atoms with Crippen molar-refractivity contribution in [1.29, 1.82) is 0 Å². The molecule has 2 heterocycles. The topological polar surface area (TPSA) is 48.1 Å². The molecule has 0 bridgehead atoms. The molecule has 150 valence electrons. The van der Waals surface area contributed by atoms with Gasteiger partial charge in [-0.25, -0.2) is 0 Å². The summed E-state index contributed by atoms with van der Waals surface area (Å²) in [7, 11) is 0. The summed E-state index contributed by atoms with van der Waals surface area (Å²) < 4.78 is 0. The van der Waals surface area contributed by atoms with Gasteiger partial charge in [-0.3, -0.25) is 21.3 Å². The Morgan fingerprint density at radius 3 is 1.93 bits per heavy atom. The lowest BCUT2D eigenvalue weighted by Crippen LogP contribution is -2.79. The van der Waals surface area contributed by atoms with E-state index < -0.39 is 0 Å². The summed E-state index contributed by atoms with van der Waals surface area (Å²) in [5.41, 5.74) is 1.85. The smallest absolute Gasteiger partial charge is 0.109 e. The minimum atomic E-state index is -0.356. The van der Waals surface area contributed by atoms with E-state index in [0.717, 1.165) is 37.6 Å². The van der Waals surface area contributed by atoms with Crippen LogP contribution in [0.3, 0.4) is 0 Å². The van der Waals surface area contributed by atoms with Crippen molar-refractivity contribution in [3.05, 3.63) is 70.7 Å². The van der Waals surface area contributed by atoms with Gasteiger partial charge in [0.25, 0.3) is 0 Å². The van der Waals surface area contributed by atoms with Crippen molar-refractivity contribution in [2.24, 2.45) is 0 Å². The van der Waals surface area contributed by atoms with Crippen molar-refractivity contribution in [3.8, 4) is 0 Å². The van der Waals surface area contributed by atoms with Gasteiger partial charge in [-0.05, 0) is 23.6 Å². The molecular weight excluding hydrogens is 368 g/mol. The molecule has 0 amide bonds. The second kappa shape index (κ2) is 8.13. The monoisotopic (exact) mass is 398 g/mol. The van der Waals surface area contributed by atoms with Crippen LogP contribution in [0.2, 0.25) is 5.02 Å². The van der Waals surface area contributed by atoms with E-state index >= 15 is 0 Å². The molecule has 2 aliphatic rings. The Morgan fingerprint density at radius 2 is 1.36 bits per heavy atom. The first-order valence-electron chi connectivity index (χ1n) is 10.4. The molecule has 0 saturated carbocycles. The molecule has 2 unspecified atom stereocenters. The highest BCUT2D eigenvalue weighted by Crippen LogP contribution is 2.46. The van der Waals surface area contributed by atoms with Crippen molar-refractivity contribution in [1.82, 2.24) is 21.3 Å². The predicted molar refractivity (Wildman–Crippen MR) is 117 cm³/mol. The lowest BCUT2D eigenvalue weighted by atomic mass is 9.69. The van der Waals surface area contributed by atoms with Crippen molar-refractivity contribution >= 4 is 11.6 Å². The van der Waals surface area contributed by atoms with Crippen molar-refractivity contribution < 1.29 is 0 Å². The normalized spacial score (nSPS) is 22.8. The molecule has 2 saturated heterocycles. The van der Waals surface area contributed by atoms with E-state index in [1.54, 1.807) is 0 Å². The van der Waals surface area contributed by atoms with Crippen LogP contribution in [0.4, 0.5) is 0 Å². The standard InChI is InChI=1S/C23H31ClN4/c1-3-20(18-9-5-4-6-10-18)23(27-15-16-28-23)22(25-13-14-26-22)17(2)19-11-7-8-12-21(19)24/h4-12,17,20,25-28H,3,13-16H2,1-2H3. The van der Waals surface area contributed by atoms with E-state index in [1.807, 2.05) is 12.1 Å². The SMILES string of the molecule is CCC(c1ccccc1)C1(C2(C(C)c3ccccc3Cl)NCCN2)NCCN1. The fourth-order valence-electron chi connectivity index (χ4n) is 5.43. The van der Waals surface area contributed by atoms with Crippen LogP contribution in [0.1, 0.15) is 43.2 Å². The summed E-state index contributed by atoms with van der Waals surface area (Å²) in [5.74, 6) is 0.471. The second-order valence-corrected chi connectivity index (χ2v) is 8.35. The highest BCUT2D eigenvalue weighted by atomic mass is 35.5. The van der Waals surface area contributed by atoms with E-state index in [9.17, 15) is 0 Å². The molecule has 4 rings (SSSR count). The Bertz CT molecular complexity index is 782. The first kappa shape index (κ1) is 19.9. The molecule has 0 spiro atoms. The van der Waals surface area contributed by atoms with Gasteiger partial charge in [0.15, 0.2) is 0 Å². The van der Waals surface area contributed by atoms with Gasteiger partial charge in [0, 0.05) is 43.0 Å². The van der Waals surface area contributed by atoms with Gasteiger partial charge in [0.1, 0.15) is 11.3 Å². The van der Waals surface area contributed by atoms with E-state index in [0.29, 0.717) is 5.92 Å². The summed E-state index contributed by atoms with van der Waals surface area (Å²) in [6.07, 6.45) is 1.03. The number of benzene rings is 2. The summed E-state index contributed by atoms with van der Waals surface area (Å²) >= 11 is 6.65. The maximum atomic E-state index is 6.65. The van der Waals surface area contributed by atoms with Crippen LogP contribution in [0.25, 0.3) is 0 Å². The molecule has 2 aromatic carbocycles. The fraction of sp³-hybridized carbons (Fsp3) is 0.478. The number of hydrogen-bond acceptors (Lipinski definition) is 4. The van der Waals surface area contributed by atoms with E-state index in [-0.39, 0.29) is 17.2 Å². The Labute approximate surface area is 173 Å². The van der Waals surface area contributed by atoms with Crippen molar-refractivity contribution in [2.45, 2.75) is 43.4 Å². The highest BCUT2D eigenvalue weighted by Gasteiger charge is 2.61. The first-order chi connectivity index (χ1) is 13.6. The first-order valence-corrected chi connectivity index (χ1v) is 10.8. The lowest BCUT2D eigenvalue weighted by Gasteiger charge is -2.54. The van der Waals surface area contributed by atoms with Crippen molar-refractivity contribution in [2.75, 3.05) is 26.2 Å². The maximum absolute atomic E-state index is 6.65. The van der Waals surface area contributed by atoms with Crippen LogP contribution < -0.4 is 21.3 Å². The minimum Gasteiger partial charge on any atom is -0.295 e. The largest absolute Gasteiger partial charge is 0.295 e. The third kappa shape index (κ3) is 3.08. The van der Waals surface area contributed by atoms with E-state index in [4.69, 9.17) is 11.6 Å². The molecular formula is C23H31ClN4. The summed E-state index contributed by atoms with van der Waals surface area (Å²) in [6, 6.07) is 19.1. The zero-order valence-electron chi connectivity index (χ0n) is 16.8. The Morgan fingerprint density at radius 1 is 0.821 bits per heavy atom. The van der Waals surface area contributed by atoms with Crippen LogP contribution in [-0.4, -0.2) is 37.5 Å². The molecule has 4 N–H and O–H groups in total. The number of rotatable bonds is 6. The molecule has 2 atom stereocenters. The third-order valence-electron chi connectivity index (χ3n) is 6.64. The Hall–Kier alpha value is -1.43. The molecule has 0 aromatic heterocycles. The maximum Gasteiger partial charge on any atom is 0.109 e. The van der Waals surface area contributed by atoms with Gasteiger partial charge in [-0.15, -0.1) is 0 Å². The van der Waals surface area contributed by atoms with Gasteiger partial charge in [-0.1, -0.05) is 74.0 Å². The molecule has 28 heavy (non-hydrogen) atoms.